The van der Waals surface area contributed by atoms with Gasteiger partial charge in [-0.25, -0.2) is 0 Å². The lowest BCUT2D eigenvalue weighted by Gasteiger charge is -2.61. The van der Waals surface area contributed by atoms with E-state index in [1.165, 1.54) is 50.5 Å². The summed E-state index contributed by atoms with van der Waals surface area (Å²) in [5.41, 5.74) is 3.37. The number of carbonyl (C=O) groups is 1. The van der Waals surface area contributed by atoms with Crippen LogP contribution in [0.2, 0.25) is 0 Å². The SMILES string of the molecule is C=Cc1ccc(C[N+](C)(C)CCNC(=O)CC[C@@H](C)[C@H]2CCC3C4CCC5C[C@H](O)CC[C@]5(C)C4CC[C@@]32C)cc1. The standard InChI is InChI=1S/C37H58N2O2/c1-7-27-9-11-28(12-10-27)25-39(5,6)23-22-38-35(41)17-8-26(2)32-15-16-33-31-14-13-29-24-30(40)18-20-36(29,3)34(31)19-21-37(32,33)4/h7,9-12,26,29-34,40H,1,8,13-25H2,2-6H3/p+1/t26-,29?,30-,31?,32-,33?,34?,36+,37-/m1/s1. The number of fused-ring (bicyclic) bond motifs is 5. The van der Waals surface area contributed by atoms with Crippen molar-refractivity contribution in [1.82, 2.24) is 5.32 Å². The zero-order chi connectivity index (χ0) is 29.4. The van der Waals surface area contributed by atoms with Crippen LogP contribution < -0.4 is 5.32 Å². The second-order valence-corrected chi connectivity index (χ2v) is 15.9. The van der Waals surface area contributed by atoms with Gasteiger partial charge in [0.25, 0.3) is 0 Å². The quantitative estimate of drug-likeness (QED) is 0.290. The Kier molecular flexibility index (Phi) is 9.13. The van der Waals surface area contributed by atoms with Gasteiger partial charge in [0, 0.05) is 12.0 Å². The zero-order valence-electron chi connectivity index (χ0n) is 26.8. The second kappa shape index (κ2) is 12.2. The van der Waals surface area contributed by atoms with Crippen LogP contribution in [-0.2, 0) is 11.3 Å². The normalized spacial score (nSPS) is 37.4. The first-order valence-corrected chi connectivity index (χ1v) is 16.9. The average Bonchev–Trinajstić information content (AvgIpc) is 3.29. The molecule has 4 heteroatoms. The van der Waals surface area contributed by atoms with Crippen LogP contribution in [-0.4, -0.2) is 48.8 Å². The molecule has 4 unspecified atom stereocenters. The van der Waals surface area contributed by atoms with Crippen LogP contribution in [0.4, 0.5) is 0 Å². The highest BCUT2D eigenvalue weighted by molar-refractivity contribution is 5.75. The number of hydrogen-bond donors (Lipinski definition) is 2. The third kappa shape index (κ3) is 6.35. The maximum Gasteiger partial charge on any atom is 0.220 e. The van der Waals surface area contributed by atoms with Crippen molar-refractivity contribution in [2.24, 2.45) is 46.3 Å². The molecule has 0 radical (unpaired) electrons. The molecular formula is C37H59N2O2+. The molecule has 4 nitrogen and oxygen atoms in total. The number of rotatable bonds is 10. The van der Waals surface area contributed by atoms with Gasteiger partial charge in [0.1, 0.15) is 6.54 Å². The van der Waals surface area contributed by atoms with E-state index >= 15 is 0 Å². The maximum absolute atomic E-state index is 12.9. The summed E-state index contributed by atoms with van der Waals surface area (Å²) < 4.78 is 0.856. The van der Waals surface area contributed by atoms with E-state index in [4.69, 9.17) is 0 Å². The highest BCUT2D eigenvalue weighted by Crippen LogP contribution is 2.68. The fourth-order valence-corrected chi connectivity index (χ4v) is 10.7. The monoisotopic (exact) mass is 563 g/mol. The number of hydrogen-bond acceptors (Lipinski definition) is 2. The molecule has 1 aromatic rings. The third-order valence-corrected chi connectivity index (χ3v) is 13.1. The van der Waals surface area contributed by atoms with Crippen molar-refractivity contribution in [3.8, 4) is 0 Å². The molecule has 4 fully saturated rings. The minimum atomic E-state index is -0.0569. The molecule has 4 saturated carbocycles. The van der Waals surface area contributed by atoms with Crippen molar-refractivity contribution in [3.63, 3.8) is 0 Å². The largest absolute Gasteiger partial charge is 0.393 e. The number of likely N-dealkylation sites (N-methyl/N-ethyl adjacent to an activating group) is 1. The van der Waals surface area contributed by atoms with Crippen LogP contribution in [0.15, 0.2) is 30.8 Å². The Morgan fingerprint density at radius 3 is 2.49 bits per heavy atom. The number of nitrogens with zero attached hydrogens (tertiary/aromatic N) is 1. The van der Waals surface area contributed by atoms with Crippen molar-refractivity contribution in [2.75, 3.05) is 27.2 Å². The highest BCUT2D eigenvalue weighted by atomic mass is 16.3. The minimum Gasteiger partial charge on any atom is -0.393 e. The number of benzene rings is 1. The van der Waals surface area contributed by atoms with Gasteiger partial charge in [-0.3, -0.25) is 4.79 Å². The molecule has 1 amide bonds. The summed E-state index contributed by atoms with van der Waals surface area (Å²) in [5.74, 6) is 4.92. The first-order valence-electron chi connectivity index (χ1n) is 16.9. The number of nitrogens with one attached hydrogen (secondary N) is 1. The molecule has 0 saturated heterocycles. The van der Waals surface area contributed by atoms with Gasteiger partial charge < -0.3 is 14.9 Å². The molecule has 2 N–H and O–H groups in total. The van der Waals surface area contributed by atoms with Crippen molar-refractivity contribution in [3.05, 3.63) is 42.0 Å². The van der Waals surface area contributed by atoms with Gasteiger partial charge in [-0.05, 0) is 116 Å². The highest BCUT2D eigenvalue weighted by Gasteiger charge is 2.60. The molecule has 0 heterocycles. The fraction of sp³-hybridized carbons (Fsp3) is 0.757. The lowest BCUT2D eigenvalue weighted by atomic mass is 9.44. The van der Waals surface area contributed by atoms with Crippen molar-refractivity contribution < 1.29 is 14.4 Å². The van der Waals surface area contributed by atoms with Crippen molar-refractivity contribution in [2.45, 2.75) is 104 Å². The Bertz CT molecular complexity index is 1070. The predicted octanol–water partition coefficient (Wildman–Crippen LogP) is 7.46. The molecule has 0 aromatic heterocycles. The number of carbonyl (C=O) groups excluding carboxylic acids is 1. The van der Waals surface area contributed by atoms with Gasteiger partial charge in [-0.1, -0.05) is 57.7 Å². The topological polar surface area (TPSA) is 49.3 Å². The molecule has 228 valence electrons. The van der Waals surface area contributed by atoms with Crippen LogP contribution in [0.25, 0.3) is 6.08 Å². The van der Waals surface area contributed by atoms with Gasteiger partial charge in [-0.2, -0.15) is 0 Å². The molecule has 4 aliphatic rings. The second-order valence-electron chi connectivity index (χ2n) is 15.9. The fourth-order valence-electron chi connectivity index (χ4n) is 10.7. The Labute approximate surface area is 251 Å². The lowest BCUT2D eigenvalue weighted by Crippen LogP contribution is -2.54. The van der Waals surface area contributed by atoms with Gasteiger partial charge in [0.15, 0.2) is 0 Å². The van der Waals surface area contributed by atoms with E-state index in [0.717, 1.165) is 78.5 Å². The van der Waals surface area contributed by atoms with Crippen LogP contribution in [0.3, 0.4) is 0 Å². The molecular weight excluding hydrogens is 504 g/mol. The minimum absolute atomic E-state index is 0.0569. The number of aliphatic hydroxyl groups excluding tert-OH is 1. The number of aliphatic hydroxyl groups is 1. The lowest BCUT2D eigenvalue weighted by molar-refractivity contribution is -0.902. The van der Waals surface area contributed by atoms with Gasteiger partial charge >= 0.3 is 0 Å². The number of quaternary nitrogens is 1. The molecule has 0 bridgehead atoms. The van der Waals surface area contributed by atoms with E-state index in [2.05, 4.69) is 71.0 Å². The number of amides is 1. The van der Waals surface area contributed by atoms with E-state index in [1.54, 1.807) is 0 Å². The Balaban J connectivity index is 1.08. The Morgan fingerprint density at radius 1 is 1.05 bits per heavy atom. The van der Waals surface area contributed by atoms with E-state index in [0.29, 0.717) is 23.2 Å². The molecule has 0 aliphatic heterocycles. The van der Waals surface area contributed by atoms with E-state index < -0.39 is 0 Å². The zero-order valence-corrected chi connectivity index (χ0v) is 26.8. The van der Waals surface area contributed by atoms with Crippen molar-refractivity contribution in [1.29, 1.82) is 0 Å². The summed E-state index contributed by atoms with van der Waals surface area (Å²) in [5, 5.41) is 13.6. The summed E-state index contributed by atoms with van der Waals surface area (Å²) >= 11 is 0. The molecule has 4 aliphatic carbocycles. The summed E-state index contributed by atoms with van der Waals surface area (Å²) in [4.78, 5) is 12.9. The van der Waals surface area contributed by atoms with E-state index in [-0.39, 0.29) is 12.0 Å². The summed E-state index contributed by atoms with van der Waals surface area (Å²) in [6, 6.07) is 8.61. The third-order valence-electron chi connectivity index (χ3n) is 13.1. The predicted molar refractivity (Wildman–Crippen MR) is 170 cm³/mol. The average molecular weight is 564 g/mol. The molecule has 9 atom stereocenters. The molecule has 5 rings (SSSR count). The summed E-state index contributed by atoms with van der Waals surface area (Å²) in [6.07, 6.45) is 15.0. The van der Waals surface area contributed by atoms with Crippen LogP contribution >= 0.6 is 0 Å². The molecule has 41 heavy (non-hydrogen) atoms. The Morgan fingerprint density at radius 2 is 1.76 bits per heavy atom. The molecule has 1 aromatic carbocycles. The van der Waals surface area contributed by atoms with Crippen LogP contribution in [0.1, 0.15) is 103 Å². The van der Waals surface area contributed by atoms with E-state index in [1.807, 2.05) is 6.08 Å². The first kappa shape index (κ1) is 30.8. The van der Waals surface area contributed by atoms with Gasteiger partial charge in [-0.15, -0.1) is 0 Å². The van der Waals surface area contributed by atoms with Crippen LogP contribution in [0, 0.1) is 46.3 Å². The van der Waals surface area contributed by atoms with Crippen molar-refractivity contribution >= 4 is 12.0 Å². The Hall–Kier alpha value is -1.65. The summed E-state index contributed by atoms with van der Waals surface area (Å²) in [7, 11) is 4.48. The maximum atomic E-state index is 12.9. The molecule has 0 spiro atoms. The van der Waals surface area contributed by atoms with Gasteiger partial charge in [0.2, 0.25) is 5.91 Å². The van der Waals surface area contributed by atoms with Gasteiger partial charge in [0.05, 0.1) is 33.3 Å². The first-order chi connectivity index (χ1) is 19.4. The van der Waals surface area contributed by atoms with Crippen LogP contribution in [0.5, 0.6) is 0 Å². The van der Waals surface area contributed by atoms with E-state index in [9.17, 15) is 9.90 Å². The summed E-state index contributed by atoms with van der Waals surface area (Å²) in [6.45, 7) is 14.1. The smallest absolute Gasteiger partial charge is 0.220 e.